The van der Waals surface area contributed by atoms with Crippen molar-refractivity contribution in [3.63, 3.8) is 0 Å². The van der Waals surface area contributed by atoms with Gasteiger partial charge in [0.1, 0.15) is 11.4 Å². The van der Waals surface area contributed by atoms with Crippen LogP contribution in [0.3, 0.4) is 0 Å². The summed E-state index contributed by atoms with van der Waals surface area (Å²) in [6.07, 6.45) is 0.335. The van der Waals surface area contributed by atoms with Crippen LogP contribution < -0.4 is 5.32 Å². The van der Waals surface area contributed by atoms with Crippen LogP contribution in [-0.2, 0) is 5.54 Å². The number of Topliss-reactive ketones (excluding diaryl/α,β-unsaturated/α-hetero) is 1. The maximum absolute atomic E-state index is 15.6. The molecule has 1 atom stereocenters. The van der Waals surface area contributed by atoms with E-state index in [4.69, 9.17) is 0 Å². The van der Waals surface area contributed by atoms with Gasteiger partial charge in [-0.15, -0.1) is 0 Å². The Morgan fingerprint density at radius 3 is 1.60 bits per heavy atom. The molecule has 1 heterocycles. The van der Waals surface area contributed by atoms with Crippen molar-refractivity contribution in [2.45, 2.75) is 24.4 Å². The molecule has 1 unspecified atom stereocenters. The van der Waals surface area contributed by atoms with Gasteiger partial charge in [-0.25, -0.2) is 4.39 Å². The highest BCUT2D eigenvalue weighted by Crippen LogP contribution is 2.45. The molecule has 210 valence electrons. The molecule has 0 radical (unpaired) electrons. The average Bonchev–Trinajstić information content (AvgIpc) is 3.30. The number of rotatable bonds is 6. The van der Waals surface area contributed by atoms with Gasteiger partial charge in [-0.1, -0.05) is 103 Å². The van der Waals surface area contributed by atoms with E-state index in [0.717, 1.165) is 16.7 Å². The molecule has 0 fully saturated rings. The second-order valence-corrected chi connectivity index (χ2v) is 10.9. The first-order valence-corrected chi connectivity index (χ1v) is 14.3. The van der Waals surface area contributed by atoms with Gasteiger partial charge in [0.2, 0.25) is 0 Å². The molecule has 5 aromatic carbocycles. The topological polar surface area (TPSA) is 66.5 Å². The summed E-state index contributed by atoms with van der Waals surface area (Å²) in [5.74, 6) is -1.61. The SMILES string of the molecule is O=C1CCC(N2C(=O)c3ccccc3C2=O)c2cc(F)cc(NC(c3ccccc3)(c3ccccc3)c3ccccc3)c21. The molecule has 0 bridgehead atoms. The minimum absolute atomic E-state index is 0.112. The van der Waals surface area contributed by atoms with E-state index < -0.39 is 29.2 Å². The number of ketones is 1. The quantitative estimate of drug-likeness (QED) is 0.170. The third kappa shape index (κ3) is 4.26. The molecule has 2 amide bonds. The molecule has 43 heavy (non-hydrogen) atoms. The second kappa shape index (κ2) is 10.5. The summed E-state index contributed by atoms with van der Waals surface area (Å²) in [6.45, 7) is 0. The van der Waals surface area contributed by atoms with Crippen molar-refractivity contribution < 1.29 is 18.8 Å². The van der Waals surface area contributed by atoms with E-state index in [1.54, 1.807) is 24.3 Å². The van der Waals surface area contributed by atoms with E-state index >= 15 is 4.39 Å². The number of nitrogens with one attached hydrogen (secondary N) is 1. The van der Waals surface area contributed by atoms with E-state index in [2.05, 4.69) is 5.32 Å². The monoisotopic (exact) mass is 566 g/mol. The first-order chi connectivity index (χ1) is 21.0. The summed E-state index contributed by atoms with van der Waals surface area (Å²) < 4.78 is 15.6. The van der Waals surface area contributed by atoms with Crippen LogP contribution in [0.5, 0.6) is 0 Å². The summed E-state index contributed by atoms with van der Waals surface area (Å²) in [5.41, 5.74) is 3.24. The number of fused-ring (bicyclic) bond motifs is 2. The highest BCUT2D eigenvalue weighted by atomic mass is 19.1. The third-order valence-corrected chi connectivity index (χ3v) is 8.50. The van der Waals surface area contributed by atoms with E-state index in [0.29, 0.717) is 27.9 Å². The summed E-state index contributed by atoms with van der Waals surface area (Å²) in [4.78, 5) is 41.8. The fourth-order valence-electron chi connectivity index (χ4n) is 6.59. The zero-order valence-electron chi connectivity index (χ0n) is 23.2. The Morgan fingerprint density at radius 2 is 1.12 bits per heavy atom. The highest BCUT2D eigenvalue weighted by molar-refractivity contribution is 6.22. The van der Waals surface area contributed by atoms with Gasteiger partial charge in [-0.05, 0) is 52.9 Å². The van der Waals surface area contributed by atoms with Crippen LogP contribution in [0.1, 0.15) is 72.2 Å². The van der Waals surface area contributed by atoms with Crippen LogP contribution in [0.2, 0.25) is 0 Å². The van der Waals surface area contributed by atoms with Gasteiger partial charge >= 0.3 is 0 Å². The smallest absolute Gasteiger partial charge is 0.262 e. The lowest BCUT2D eigenvalue weighted by Gasteiger charge is -2.39. The van der Waals surface area contributed by atoms with E-state index in [1.807, 2.05) is 91.0 Å². The van der Waals surface area contributed by atoms with E-state index in [9.17, 15) is 14.4 Å². The Morgan fingerprint density at radius 1 is 0.651 bits per heavy atom. The first kappa shape index (κ1) is 26.5. The van der Waals surface area contributed by atoms with Crippen LogP contribution in [-0.4, -0.2) is 22.5 Å². The first-order valence-electron chi connectivity index (χ1n) is 14.3. The highest BCUT2D eigenvalue weighted by Gasteiger charge is 2.44. The lowest BCUT2D eigenvalue weighted by atomic mass is 9.76. The van der Waals surface area contributed by atoms with Crippen LogP contribution in [0.25, 0.3) is 0 Å². The van der Waals surface area contributed by atoms with Crippen LogP contribution in [0.4, 0.5) is 10.1 Å². The fraction of sp³-hybridized carbons (Fsp3) is 0.108. The Kier molecular flexibility index (Phi) is 6.47. The fourth-order valence-corrected chi connectivity index (χ4v) is 6.59. The Labute approximate surface area is 248 Å². The molecule has 0 saturated carbocycles. The molecule has 5 nitrogen and oxygen atoms in total. The van der Waals surface area contributed by atoms with Crippen molar-refractivity contribution in [2.24, 2.45) is 0 Å². The van der Waals surface area contributed by atoms with Gasteiger partial charge in [0.15, 0.2) is 5.78 Å². The molecule has 0 saturated heterocycles. The molecule has 1 aliphatic heterocycles. The minimum Gasteiger partial charge on any atom is -0.367 e. The van der Waals surface area contributed by atoms with E-state index in [-0.39, 0.29) is 18.6 Å². The summed E-state index contributed by atoms with van der Waals surface area (Å²) in [5, 5.41) is 3.64. The number of halogens is 1. The zero-order chi connectivity index (χ0) is 29.6. The van der Waals surface area contributed by atoms with Gasteiger partial charge in [0.05, 0.1) is 17.2 Å². The number of carbonyl (C=O) groups excluding carboxylic acids is 3. The lowest BCUT2D eigenvalue weighted by molar-refractivity contribution is 0.0556. The van der Waals surface area contributed by atoms with Crippen molar-refractivity contribution in [1.82, 2.24) is 4.90 Å². The Balaban J connectivity index is 1.43. The van der Waals surface area contributed by atoms with Crippen LogP contribution in [0, 0.1) is 5.82 Å². The summed E-state index contributed by atoms with van der Waals surface area (Å²) >= 11 is 0. The van der Waals surface area contributed by atoms with Crippen molar-refractivity contribution in [1.29, 1.82) is 0 Å². The molecule has 2 aliphatic rings. The minimum atomic E-state index is -1.01. The predicted octanol–water partition coefficient (Wildman–Crippen LogP) is 7.54. The number of carbonyl (C=O) groups is 3. The summed E-state index contributed by atoms with van der Waals surface area (Å²) in [7, 11) is 0. The lowest BCUT2D eigenvalue weighted by Crippen LogP contribution is -2.40. The Hall–Kier alpha value is -5.36. The predicted molar refractivity (Wildman–Crippen MR) is 162 cm³/mol. The van der Waals surface area contributed by atoms with Crippen molar-refractivity contribution in [3.05, 3.63) is 172 Å². The molecule has 1 aliphatic carbocycles. The number of nitrogens with zero attached hydrogens (tertiary/aromatic N) is 1. The largest absolute Gasteiger partial charge is 0.367 e. The van der Waals surface area contributed by atoms with Gasteiger partial charge in [-0.2, -0.15) is 0 Å². The number of amides is 2. The summed E-state index contributed by atoms with van der Waals surface area (Å²) in [6, 6.07) is 38.0. The Bertz CT molecular complexity index is 1740. The molecular weight excluding hydrogens is 539 g/mol. The van der Waals surface area contributed by atoms with E-state index in [1.165, 1.54) is 17.0 Å². The number of hydrogen-bond donors (Lipinski definition) is 1. The standard InChI is InChI=1S/C37H27FN2O3/c38-27-22-30-32(40-35(42)28-18-10-11-19-29(28)36(40)43)20-21-33(41)34(30)31(23-27)39-37(24-12-4-1-5-13-24,25-14-6-2-7-15-25)26-16-8-3-9-17-26/h1-19,22-23,32,39H,20-21H2. The van der Waals surface area contributed by atoms with Crippen LogP contribution in [0.15, 0.2) is 127 Å². The number of hydrogen-bond acceptors (Lipinski definition) is 4. The number of benzene rings is 5. The molecule has 0 aromatic heterocycles. The number of anilines is 1. The second-order valence-electron chi connectivity index (χ2n) is 10.9. The molecule has 7 rings (SSSR count). The van der Waals surface area contributed by atoms with Crippen molar-refractivity contribution in [3.8, 4) is 0 Å². The molecule has 1 N–H and O–H groups in total. The normalized spacial score (nSPS) is 16.2. The molecule has 6 heteroatoms. The molecule has 0 spiro atoms. The molecular formula is C37H27FN2O3. The van der Waals surface area contributed by atoms with Crippen molar-refractivity contribution in [2.75, 3.05) is 5.32 Å². The van der Waals surface area contributed by atoms with Gasteiger partial charge < -0.3 is 5.32 Å². The van der Waals surface area contributed by atoms with Gasteiger partial charge in [-0.3, -0.25) is 19.3 Å². The third-order valence-electron chi connectivity index (χ3n) is 8.50. The van der Waals surface area contributed by atoms with Gasteiger partial charge in [0, 0.05) is 17.7 Å². The van der Waals surface area contributed by atoms with Crippen LogP contribution >= 0.6 is 0 Å². The molecule has 5 aromatic rings. The van der Waals surface area contributed by atoms with Crippen molar-refractivity contribution >= 4 is 23.3 Å². The zero-order valence-corrected chi connectivity index (χ0v) is 23.2. The maximum Gasteiger partial charge on any atom is 0.262 e. The number of imide groups is 1. The average molecular weight is 567 g/mol. The van der Waals surface area contributed by atoms with Gasteiger partial charge in [0.25, 0.3) is 11.8 Å². The maximum atomic E-state index is 15.6.